The van der Waals surface area contributed by atoms with Crippen molar-refractivity contribution in [2.75, 3.05) is 7.11 Å². The molecule has 0 aromatic heterocycles. The van der Waals surface area contributed by atoms with Crippen LogP contribution in [-0.2, 0) is 6.54 Å². The molecule has 3 nitrogen and oxygen atoms in total. The Morgan fingerprint density at radius 3 is 2.65 bits per heavy atom. The minimum Gasteiger partial charge on any atom is -0.508 e. The SMILES string of the molecule is CCCC(C)(C)NCc1cc(OC)ccc1O. The molecule has 0 aliphatic heterocycles. The maximum Gasteiger partial charge on any atom is 0.120 e. The number of aromatic hydroxyl groups is 1. The van der Waals surface area contributed by atoms with Gasteiger partial charge in [0, 0.05) is 17.6 Å². The van der Waals surface area contributed by atoms with Crippen LogP contribution in [-0.4, -0.2) is 17.8 Å². The lowest BCUT2D eigenvalue weighted by atomic mass is 9.98. The molecule has 0 aliphatic rings. The number of ether oxygens (including phenoxy) is 1. The van der Waals surface area contributed by atoms with Crippen molar-refractivity contribution in [3.05, 3.63) is 23.8 Å². The van der Waals surface area contributed by atoms with E-state index in [0.29, 0.717) is 12.3 Å². The zero-order chi connectivity index (χ0) is 12.9. The average Bonchev–Trinajstić information content (AvgIpc) is 2.28. The van der Waals surface area contributed by atoms with E-state index >= 15 is 0 Å². The molecule has 0 saturated heterocycles. The first-order valence-corrected chi connectivity index (χ1v) is 6.09. The first-order valence-electron chi connectivity index (χ1n) is 6.09. The molecule has 0 radical (unpaired) electrons. The van der Waals surface area contributed by atoms with Crippen LogP contribution in [0.25, 0.3) is 0 Å². The lowest BCUT2D eigenvalue weighted by Gasteiger charge is -2.26. The Morgan fingerprint density at radius 1 is 1.35 bits per heavy atom. The normalized spacial score (nSPS) is 11.5. The second-order valence-corrected chi connectivity index (χ2v) is 4.98. The summed E-state index contributed by atoms with van der Waals surface area (Å²) in [7, 11) is 1.63. The third-order valence-corrected chi connectivity index (χ3v) is 2.92. The fourth-order valence-electron chi connectivity index (χ4n) is 1.88. The Hall–Kier alpha value is -1.22. The molecule has 0 saturated carbocycles. The average molecular weight is 237 g/mol. The van der Waals surface area contributed by atoms with Gasteiger partial charge in [-0.3, -0.25) is 0 Å². The predicted molar refractivity (Wildman–Crippen MR) is 70.5 cm³/mol. The van der Waals surface area contributed by atoms with Gasteiger partial charge in [0.1, 0.15) is 11.5 Å². The number of nitrogens with one attached hydrogen (secondary N) is 1. The third-order valence-electron chi connectivity index (χ3n) is 2.92. The Labute approximate surface area is 104 Å². The number of benzene rings is 1. The third kappa shape index (κ3) is 4.27. The van der Waals surface area contributed by atoms with E-state index in [0.717, 1.165) is 24.2 Å². The van der Waals surface area contributed by atoms with Crippen LogP contribution in [0.15, 0.2) is 18.2 Å². The summed E-state index contributed by atoms with van der Waals surface area (Å²) in [6.07, 6.45) is 2.25. The molecule has 3 heteroatoms. The summed E-state index contributed by atoms with van der Waals surface area (Å²) in [6.45, 7) is 7.17. The monoisotopic (exact) mass is 237 g/mol. The molecule has 0 bridgehead atoms. The van der Waals surface area contributed by atoms with Crippen LogP contribution in [0.5, 0.6) is 11.5 Å². The molecule has 0 spiro atoms. The molecule has 1 aromatic rings. The van der Waals surface area contributed by atoms with Gasteiger partial charge in [-0.25, -0.2) is 0 Å². The number of hydrogen-bond donors (Lipinski definition) is 2. The summed E-state index contributed by atoms with van der Waals surface area (Å²) in [6, 6.07) is 5.29. The molecule has 0 atom stereocenters. The van der Waals surface area contributed by atoms with Crippen LogP contribution < -0.4 is 10.1 Å². The van der Waals surface area contributed by atoms with Crippen molar-refractivity contribution in [3.8, 4) is 11.5 Å². The zero-order valence-corrected chi connectivity index (χ0v) is 11.2. The fraction of sp³-hybridized carbons (Fsp3) is 0.571. The number of rotatable bonds is 6. The van der Waals surface area contributed by atoms with E-state index in [-0.39, 0.29) is 5.54 Å². The summed E-state index contributed by atoms with van der Waals surface area (Å²) < 4.78 is 5.15. The summed E-state index contributed by atoms with van der Waals surface area (Å²) in [5, 5.41) is 13.2. The van der Waals surface area contributed by atoms with Crippen LogP contribution >= 0.6 is 0 Å². The van der Waals surface area contributed by atoms with Crippen LogP contribution in [0.2, 0.25) is 0 Å². The first-order chi connectivity index (χ1) is 7.98. The van der Waals surface area contributed by atoms with Crippen LogP contribution in [0, 0.1) is 0 Å². The molecule has 1 rings (SSSR count). The number of methoxy groups -OCH3 is 1. The maximum absolute atomic E-state index is 9.76. The summed E-state index contributed by atoms with van der Waals surface area (Å²) in [4.78, 5) is 0. The predicted octanol–water partition coefficient (Wildman–Crippen LogP) is 3.07. The van der Waals surface area contributed by atoms with Crippen molar-refractivity contribution in [1.29, 1.82) is 0 Å². The molecule has 0 fully saturated rings. The van der Waals surface area contributed by atoms with E-state index in [1.165, 1.54) is 0 Å². The first kappa shape index (κ1) is 13.8. The van der Waals surface area contributed by atoms with Crippen LogP contribution in [0.3, 0.4) is 0 Å². The Kier molecular flexibility index (Phi) is 4.82. The van der Waals surface area contributed by atoms with Crippen molar-refractivity contribution >= 4 is 0 Å². The van der Waals surface area contributed by atoms with Gasteiger partial charge in [0.15, 0.2) is 0 Å². The molecule has 0 aliphatic carbocycles. The van der Waals surface area contributed by atoms with E-state index in [1.54, 1.807) is 19.2 Å². The maximum atomic E-state index is 9.76. The zero-order valence-electron chi connectivity index (χ0n) is 11.2. The van der Waals surface area contributed by atoms with Gasteiger partial charge in [0.05, 0.1) is 7.11 Å². The number of hydrogen-bond acceptors (Lipinski definition) is 3. The largest absolute Gasteiger partial charge is 0.508 e. The van der Waals surface area contributed by atoms with E-state index in [1.807, 2.05) is 6.07 Å². The van der Waals surface area contributed by atoms with Gasteiger partial charge in [-0.15, -0.1) is 0 Å². The van der Waals surface area contributed by atoms with Crippen molar-refractivity contribution < 1.29 is 9.84 Å². The quantitative estimate of drug-likeness (QED) is 0.799. The van der Waals surface area contributed by atoms with Gasteiger partial charge in [-0.1, -0.05) is 13.3 Å². The number of phenols is 1. The van der Waals surface area contributed by atoms with Gasteiger partial charge in [0.2, 0.25) is 0 Å². The lowest BCUT2D eigenvalue weighted by Crippen LogP contribution is -2.38. The Morgan fingerprint density at radius 2 is 2.06 bits per heavy atom. The minimum absolute atomic E-state index is 0.0876. The van der Waals surface area contributed by atoms with Crippen molar-refractivity contribution in [2.45, 2.75) is 45.7 Å². The molecule has 0 heterocycles. The van der Waals surface area contributed by atoms with Gasteiger partial charge < -0.3 is 15.2 Å². The van der Waals surface area contributed by atoms with Gasteiger partial charge in [0.25, 0.3) is 0 Å². The molecule has 2 N–H and O–H groups in total. The van der Waals surface area contributed by atoms with E-state index in [9.17, 15) is 5.11 Å². The van der Waals surface area contributed by atoms with Crippen molar-refractivity contribution in [1.82, 2.24) is 5.32 Å². The van der Waals surface area contributed by atoms with Crippen molar-refractivity contribution in [2.24, 2.45) is 0 Å². The number of phenolic OH excluding ortho intramolecular Hbond substituents is 1. The lowest BCUT2D eigenvalue weighted by molar-refractivity contribution is 0.351. The molecule has 0 unspecified atom stereocenters. The molecular formula is C14H23NO2. The minimum atomic E-state index is 0.0876. The summed E-state index contributed by atoms with van der Waals surface area (Å²) in [5.74, 6) is 1.08. The standard InChI is InChI=1S/C14H23NO2/c1-5-8-14(2,3)15-10-11-9-12(17-4)6-7-13(11)16/h6-7,9,15-16H,5,8,10H2,1-4H3. The molecule has 96 valence electrons. The van der Waals surface area contributed by atoms with Crippen LogP contribution in [0.1, 0.15) is 39.2 Å². The van der Waals surface area contributed by atoms with Gasteiger partial charge in [-0.2, -0.15) is 0 Å². The fourth-order valence-corrected chi connectivity index (χ4v) is 1.88. The van der Waals surface area contributed by atoms with E-state index in [2.05, 4.69) is 26.1 Å². The highest BCUT2D eigenvalue weighted by molar-refractivity contribution is 5.39. The summed E-state index contributed by atoms with van der Waals surface area (Å²) >= 11 is 0. The highest BCUT2D eigenvalue weighted by Crippen LogP contribution is 2.23. The second kappa shape index (κ2) is 5.92. The highest BCUT2D eigenvalue weighted by atomic mass is 16.5. The van der Waals surface area contributed by atoms with E-state index < -0.39 is 0 Å². The molecule has 1 aromatic carbocycles. The smallest absolute Gasteiger partial charge is 0.120 e. The Bertz CT molecular complexity index is 361. The van der Waals surface area contributed by atoms with E-state index in [4.69, 9.17) is 4.74 Å². The topological polar surface area (TPSA) is 41.5 Å². The molecular weight excluding hydrogens is 214 g/mol. The molecule has 0 amide bonds. The van der Waals surface area contributed by atoms with Crippen molar-refractivity contribution in [3.63, 3.8) is 0 Å². The van der Waals surface area contributed by atoms with Gasteiger partial charge in [-0.05, 0) is 38.5 Å². The molecule has 17 heavy (non-hydrogen) atoms. The second-order valence-electron chi connectivity index (χ2n) is 4.98. The van der Waals surface area contributed by atoms with Crippen LogP contribution in [0.4, 0.5) is 0 Å². The highest BCUT2D eigenvalue weighted by Gasteiger charge is 2.16. The van der Waals surface area contributed by atoms with Gasteiger partial charge >= 0.3 is 0 Å². The Balaban J connectivity index is 2.68. The summed E-state index contributed by atoms with van der Waals surface area (Å²) in [5.41, 5.74) is 0.957.